The molecular formula is C16H10F3N3S2. The van der Waals surface area contributed by atoms with Gasteiger partial charge in [-0.2, -0.15) is 13.2 Å². The average molecular weight is 365 g/mol. The molecule has 0 amide bonds. The van der Waals surface area contributed by atoms with Gasteiger partial charge in [0.25, 0.3) is 0 Å². The van der Waals surface area contributed by atoms with Crippen molar-refractivity contribution in [2.75, 3.05) is 5.32 Å². The quantitative estimate of drug-likeness (QED) is 0.475. The van der Waals surface area contributed by atoms with Gasteiger partial charge in [-0.15, -0.1) is 0 Å². The highest BCUT2D eigenvalue weighted by atomic mass is 32.1. The second kappa shape index (κ2) is 5.42. The van der Waals surface area contributed by atoms with E-state index < -0.39 is 11.7 Å². The number of nitrogens with one attached hydrogen (secondary N) is 1. The van der Waals surface area contributed by atoms with Crippen molar-refractivity contribution in [3.05, 3.63) is 47.5 Å². The summed E-state index contributed by atoms with van der Waals surface area (Å²) in [5.41, 5.74) is 1.65. The fraction of sp³-hybridized carbons (Fsp3) is 0.125. The summed E-state index contributed by atoms with van der Waals surface area (Å²) in [6.45, 7) is 2.00. The summed E-state index contributed by atoms with van der Waals surface area (Å²) in [5, 5.41) is 4.29. The Balaban J connectivity index is 1.68. The summed E-state index contributed by atoms with van der Waals surface area (Å²) in [7, 11) is 0. The number of aromatic nitrogens is 2. The normalized spacial score (nSPS) is 12.2. The monoisotopic (exact) mass is 365 g/mol. The molecule has 0 aliphatic carbocycles. The second-order valence-corrected chi connectivity index (χ2v) is 7.38. The van der Waals surface area contributed by atoms with Crippen LogP contribution in [0.25, 0.3) is 20.4 Å². The summed E-state index contributed by atoms with van der Waals surface area (Å²) in [4.78, 5) is 8.73. The first-order valence-electron chi connectivity index (χ1n) is 7.00. The number of hydrogen-bond acceptors (Lipinski definition) is 5. The first kappa shape index (κ1) is 15.3. The molecule has 0 saturated carbocycles. The van der Waals surface area contributed by atoms with Crippen molar-refractivity contribution in [2.24, 2.45) is 0 Å². The van der Waals surface area contributed by atoms with Gasteiger partial charge in [-0.3, -0.25) is 0 Å². The summed E-state index contributed by atoms with van der Waals surface area (Å²) in [6.07, 6.45) is -4.36. The SMILES string of the molecule is Cc1ccc2sc(Nc3nc4cc(C(F)(F)F)ccc4s3)nc2c1. The van der Waals surface area contributed by atoms with Crippen molar-refractivity contribution >= 4 is 53.4 Å². The molecule has 0 saturated heterocycles. The maximum atomic E-state index is 12.8. The number of aryl methyl sites for hydroxylation is 1. The molecule has 3 nitrogen and oxygen atoms in total. The molecule has 2 aromatic carbocycles. The Kier molecular flexibility index (Phi) is 3.47. The Morgan fingerprint density at radius 3 is 2.08 bits per heavy atom. The number of anilines is 2. The van der Waals surface area contributed by atoms with Gasteiger partial charge in [-0.25, -0.2) is 9.97 Å². The molecule has 1 N–H and O–H groups in total. The zero-order chi connectivity index (χ0) is 16.9. The van der Waals surface area contributed by atoms with E-state index in [2.05, 4.69) is 15.3 Å². The Bertz CT molecular complexity index is 1050. The van der Waals surface area contributed by atoms with Crippen LogP contribution in [-0.2, 0) is 6.18 Å². The smallest absolute Gasteiger partial charge is 0.307 e. The lowest BCUT2D eigenvalue weighted by atomic mass is 10.2. The molecule has 0 fully saturated rings. The summed E-state index contributed by atoms with van der Waals surface area (Å²) < 4.78 is 40.1. The van der Waals surface area contributed by atoms with Gasteiger partial charge in [0.05, 0.1) is 26.0 Å². The minimum Gasteiger partial charge on any atom is -0.307 e. The summed E-state index contributed by atoms with van der Waals surface area (Å²) in [5.74, 6) is 0. The van der Waals surface area contributed by atoms with Gasteiger partial charge in [-0.05, 0) is 42.8 Å². The molecule has 0 aliphatic rings. The molecule has 0 radical (unpaired) electrons. The standard InChI is InChI=1S/C16H10F3N3S2/c1-8-2-4-12-10(6-8)20-14(23-12)22-15-21-11-7-9(16(17,18)19)3-5-13(11)24-15/h2-7H,1H3,(H,20,21,22). The van der Waals surface area contributed by atoms with Crippen LogP contribution in [-0.4, -0.2) is 9.97 Å². The number of halogens is 3. The highest BCUT2D eigenvalue weighted by Gasteiger charge is 2.30. The lowest BCUT2D eigenvalue weighted by molar-refractivity contribution is -0.137. The van der Waals surface area contributed by atoms with Gasteiger partial charge < -0.3 is 5.32 Å². The second-order valence-electron chi connectivity index (χ2n) is 5.31. The van der Waals surface area contributed by atoms with E-state index in [1.54, 1.807) is 0 Å². The van der Waals surface area contributed by atoms with Crippen LogP contribution >= 0.6 is 22.7 Å². The van der Waals surface area contributed by atoms with E-state index in [0.29, 0.717) is 20.5 Å². The van der Waals surface area contributed by atoms with E-state index in [0.717, 1.165) is 27.9 Å². The maximum Gasteiger partial charge on any atom is 0.416 e. The van der Waals surface area contributed by atoms with E-state index in [1.807, 2.05) is 25.1 Å². The van der Waals surface area contributed by atoms with E-state index in [1.165, 1.54) is 28.7 Å². The number of rotatable bonds is 2. The van der Waals surface area contributed by atoms with Crippen LogP contribution in [0.2, 0.25) is 0 Å². The molecule has 0 unspecified atom stereocenters. The van der Waals surface area contributed by atoms with Crippen molar-refractivity contribution < 1.29 is 13.2 Å². The predicted molar refractivity (Wildman–Crippen MR) is 92.3 cm³/mol. The number of fused-ring (bicyclic) bond motifs is 2. The van der Waals surface area contributed by atoms with E-state index in [-0.39, 0.29) is 0 Å². The first-order chi connectivity index (χ1) is 11.4. The number of thiazole rings is 2. The maximum absolute atomic E-state index is 12.8. The van der Waals surface area contributed by atoms with Crippen molar-refractivity contribution in [1.29, 1.82) is 0 Å². The number of alkyl halides is 3. The third kappa shape index (κ3) is 2.83. The fourth-order valence-electron chi connectivity index (χ4n) is 2.34. The van der Waals surface area contributed by atoms with Crippen LogP contribution in [0.5, 0.6) is 0 Å². The average Bonchev–Trinajstić information content (AvgIpc) is 3.07. The Morgan fingerprint density at radius 1 is 0.875 bits per heavy atom. The third-order valence-corrected chi connectivity index (χ3v) is 5.38. The highest BCUT2D eigenvalue weighted by molar-refractivity contribution is 7.24. The molecule has 24 heavy (non-hydrogen) atoms. The molecule has 4 rings (SSSR count). The molecule has 122 valence electrons. The molecular weight excluding hydrogens is 355 g/mol. The van der Waals surface area contributed by atoms with Crippen LogP contribution in [0, 0.1) is 6.92 Å². The Labute approximate surface area is 142 Å². The van der Waals surface area contributed by atoms with Crippen LogP contribution < -0.4 is 5.32 Å². The number of benzene rings is 2. The lowest BCUT2D eigenvalue weighted by Crippen LogP contribution is -2.03. The van der Waals surface area contributed by atoms with Crippen LogP contribution in [0.3, 0.4) is 0 Å². The van der Waals surface area contributed by atoms with Crippen molar-refractivity contribution in [1.82, 2.24) is 9.97 Å². The van der Waals surface area contributed by atoms with E-state index in [4.69, 9.17) is 0 Å². The zero-order valence-electron chi connectivity index (χ0n) is 12.3. The number of nitrogens with zero attached hydrogens (tertiary/aromatic N) is 2. The van der Waals surface area contributed by atoms with Crippen LogP contribution in [0.15, 0.2) is 36.4 Å². The van der Waals surface area contributed by atoms with E-state index >= 15 is 0 Å². The minimum absolute atomic E-state index is 0.328. The molecule has 0 bridgehead atoms. The molecule has 2 heterocycles. The highest BCUT2D eigenvalue weighted by Crippen LogP contribution is 2.36. The number of hydrogen-bond donors (Lipinski definition) is 1. The van der Waals surface area contributed by atoms with Gasteiger partial charge in [0.2, 0.25) is 0 Å². The molecule has 0 aliphatic heterocycles. The fourth-order valence-corrected chi connectivity index (χ4v) is 4.09. The third-order valence-electron chi connectivity index (χ3n) is 3.47. The van der Waals surface area contributed by atoms with Gasteiger partial charge in [-0.1, -0.05) is 28.7 Å². The van der Waals surface area contributed by atoms with Crippen LogP contribution in [0.4, 0.5) is 23.4 Å². The van der Waals surface area contributed by atoms with Gasteiger partial charge in [0.15, 0.2) is 10.3 Å². The van der Waals surface area contributed by atoms with E-state index in [9.17, 15) is 13.2 Å². The Morgan fingerprint density at radius 2 is 1.46 bits per heavy atom. The van der Waals surface area contributed by atoms with Crippen LogP contribution in [0.1, 0.15) is 11.1 Å². The predicted octanol–water partition coefficient (Wildman–Crippen LogP) is 5.98. The molecule has 4 aromatic rings. The first-order valence-corrected chi connectivity index (χ1v) is 8.64. The van der Waals surface area contributed by atoms with Crippen molar-refractivity contribution in [2.45, 2.75) is 13.1 Å². The molecule has 8 heteroatoms. The largest absolute Gasteiger partial charge is 0.416 e. The Hall–Kier alpha value is -2.19. The zero-order valence-corrected chi connectivity index (χ0v) is 13.9. The lowest BCUT2D eigenvalue weighted by Gasteiger charge is -2.04. The van der Waals surface area contributed by atoms with Gasteiger partial charge in [0, 0.05) is 0 Å². The summed E-state index contributed by atoms with van der Waals surface area (Å²) >= 11 is 2.78. The topological polar surface area (TPSA) is 37.8 Å². The van der Waals surface area contributed by atoms with Crippen molar-refractivity contribution in [3.63, 3.8) is 0 Å². The molecule has 2 aromatic heterocycles. The summed E-state index contributed by atoms with van der Waals surface area (Å²) in [6, 6.07) is 9.60. The van der Waals surface area contributed by atoms with Gasteiger partial charge >= 0.3 is 6.18 Å². The minimum atomic E-state index is -4.36. The van der Waals surface area contributed by atoms with Crippen molar-refractivity contribution in [3.8, 4) is 0 Å². The molecule has 0 atom stereocenters. The molecule has 0 spiro atoms. The van der Waals surface area contributed by atoms with Gasteiger partial charge in [0.1, 0.15) is 0 Å².